The van der Waals surface area contributed by atoms with E-state index in [1.165, 1.54) is 0 Å². The zero-order chi connectivity index (χ0) is 17.5. The van der Waals surface area contributed by atoms with Crippen molar-refractivity contribution in [2.24, 2.45) is 0 Å². The van der Waals surface area contributed by atoms with Crippen molar-refractivity contribution in [3.8, 4) is 11.6 Å². The van der Waals surface area contributed by atoms with Crippen molar-refractivity contribution in [1.82, 2.24) is 4.98 Å². The number of benzene rings is 2. The van der Waals surface area contributed by atoms with Crippen LogP contribution in [0.25, 0.3) is 0 Å². The molecule has 3 aromatic rings. The highest BCUT2D eigenvalue weighted by Gasteiger charge is 2.13. The van der Waals surface area contributed by atoms with Crippen molar-refractivity contribution in [2.75, 3.05) is 10.6 Å². The SMILES string of the molecule is O=CNc1ccccc1C(=O)Nc1ccccc1Oc1ccccn1. The van der Waals surface area contributed by atoms with Gasteiger partial charge in [-0.05, 0) is 30.3 Å². The van der Waals surface area contributed by atoms with Crippen LogP contribution in [0.2, 0.25) is 0 Å². The Bertz CT molecular complexity index is 882. The molecular formula is C19H15N3O3. The third-order valence-corrected chi connectivity index (χ3v) is 3.37. The number of pyridine rings is 1. The maximum absolute atomic E-state index is 12.6. The molecule has 25 heavy (non-hydrogen) atoms. The second kappa shape index (κ2) is 7.74. The van der Waals surface area contributed by atoms with E-state index >= 15 is 0 Å². The summed E-state index contributed by atoms with van der Waals surface area (Å²) in [6.07, 6.45) is 2.15. The molecule has 0 radical (unpaired) electrons. The van der Waals surface area contributed by atoms with Gasteiger partial charge in [0, 0.05) is 12.3 Å². The lowest BCUT2D eigenvalue weighted by molar-refractivity contribution is -0.105. The second-order valence-corrected chi connectivity index (χ2v) is 5.03. The van der Waals surface area contributed by atoms with Crippen molar-refractivity contribution in [3.63, 3.8) is 0 Å². The molecule has 0 saturated carbocycles. The third kappa shape index (κ3) is 4.00. The highest BCUT2D eigenvalue weighted by molar-refractivity contribution is 6.09. The quantitative estimate of drug-likeness (QED) is 0.674. The largest absolute Gasteiger partial charge is 0.437 e. The zero-order valence-electron chi connectivity index (χ0n) is 13.2. The van der Waals surface area contributed by atoms with E-state index in [-0.39, 0.29) is 5.91 Å². The number of carbonyl (C=O) groups is 2. The summed E-state index contributed by atoms with van der Waals surface area (Å²) in [5.74, 6) is 0.532. The highest BCUT2D eigenvalue weighted by atomic mass is 16.5. The summed E-state index contributed by atoms with van der Waals surface area (Å²) in [4.78, 5) is 27.4. The van der Waals surface area contributed by atoms with E-state index in [2.05, 4.69) is 15.6 Å². The van der Waals surface area contributed by atoms with Crippen LogP contribution in [-0.2, 0) is 4.79 Å². The summed E-state index contributed by atoms with van der Waals surface area (Å²) in [6.45, 7) is 0. The number of amides is 2. The van der Waals surface area contributed by atoms with Crippen LogP contribution in [0.4, 0.5) is 11.4 Å². The highest BCUT2D eigenvalue weighted by Crippen LogP contribution is 2.29. The van der Waals surface area contributed by atoms with E-state index < -0.39 is 0 Å². The van der Waals surface area contributed by atoms with Gasteiger partial charge in [0.2, 0.25) is 12.3 Å². The molecule has 6 nitrogen and oxygen atoms in total. The Hall–Kier alpha value is -3.67. The van der Waals surface area contributed by atoms with Crippen LogP contribution in [0.5, 0.6) is 11.6 Å². The Morgan fingerprint density at radius 1 is 0.920 bits per heavy atom. The first-order chi connectivity index (χ1) is 12.3. The van der Waals surface area contributed by atoms with Crippen LogP contribution < -0.4 is 15.4 Å². The summed E-state index contributed by atoms with van der Waals surface area (Å²) in [7, 11) is 0. The number of rotatable bonds is 6. The monoisotopic (exact) mass is 333 g/mol. The number of nitrogens with zero attached hydrogens (tertiary/aromatic N) is 1. The number of nitrogens with one attached hydrogen (secondary N) is 2. The second-order valence-electron chi connectivity index (χ2n) is 5.03. The Morgan fingerprint density at radius 2 is 1.64 bits per heavy atom. The Morgan fingerprint density at radius 3 is 2.40 bits per heavy atom. The van der Waals surface area contributed by atoms with Crippen molar-refractivity contribution < 1.29 is 14.3 Å². The molecule has 2 aromatic carbocycles. The van der Waals surface area contributed by atoms with E-state index in [0.29, 0.717) is 35.0 Å². The first-order valence-corrected chi connectivity index (χ1v) is 7.56. The minimum absolute atomic E-state index is 0.349. The molecule has 0 aliphatic rings. The number of anilines is 2. The fourth-order valence-corrected chi connectivity index (χ4v) is 2.24. The zero-order valence-corrected chi connectivity index (χ0v) is 13.2. The van der Waals surface area contributed by atoms with Crippen LogP contribution in [0.3, 0.4) is 0 Å². The van der Waals surface area contributed by atoms with Crippen molar-refractivity contribution in [3.05, 3.63) is 78.5 Å². The minimum Gasteiger partial charge on any atom is -0.437 e. The number of ether oxygens (including phenoxy) is 1. The van der Waals surface area contributed by atoms with Crippen molar-refractivity contribution in [1.29, 1.82) is 0 Å². The number of carbonyl (C=O) groups excluding carboxylic acids is 2. The lowest BCUT2D eigenvalue weighted by Gasteiger charge is -2.13. The topological polar surface area (TPSA) is 80.3 Å². The maximum Gasteiger partial charge on any atom is 0.257 e. The molecule has 1 heterocycles. The van der Waals surface area contributed by atoms with Gasteiger partial charge in [0.1, 0.15) is 0 Å². The summed E-state index contributed by atoms with van der Waals surface area (Å²) < 4.78 is 5.73. The van der Waals surface area contributed by atoms with Gasteiger partial charge in [-0.1, -0.05) is 30.3 Å². The number of aromatic nitrogens is 1. The van der Waals surface area contributed by atoms with Gasteiger partial charge in [-0.15, -0.1) is 0 Å². The molecule has 0 aliphatic heterocycles. The van der Waals surface area contributed by atoms with Crippen LogP contribution in [-0.4, -0.2) is 17.3 Å². The lowest BCUT2D eigenvalue weighted by atomic mass is 10.1. The predicted octanol–water partition coefficient (Wildman–Crippen LogP) is 3.69. The molecule has 0 fully saturated rings. The first kappa shape index (κ1) is 16.2. The van der Waals surface area contributed by atoms with Gasteiger partial charge in [-0.25, -0.2) is 4.98 Å². The molecule has 0 bridgehead atoms. The molecule has 3 rings (SSSR count). The van der Waals surface area contributed by atoms with E-state index in [0.717, 1.165) is 0 Å². The number of hydrogen-bond acceptors (Lipinski definition) is 4. The molecule has 0 saturated heterocycles. The third-order valence-electron chi connectivity index (χ3n) is 3.37. The summed E-state index contributed by atoms with van der Waals surface area (Å²) in [5, 5.41) is 5.31. The van der Waals surface area contributed by atoms with Crippen molar-refractivity contribution >= 4 is 23.7 Å². The first-order valence-electron chi connectivity index (χ1n) is 7.56. The van der Waals surface area contributed by atoms with E-state index in [9.17, 15) is 9.59 Å². The lowest BCUT2D eigenvalue weighted by Crippen LogP contribution is -2.15. The minimum atomic E-state index is -0.359. The maximum atomic E-state index is 12.6. The van der Waals surface area contributed by atoms with Gasteiger partial charge < -0.3 is 15.4 Å². The smallest absolute Gasteiger partial charge is 0.257 e. The molecule has 2 N–H and O–H groups in total. The molecule has 6 heteroatoms. The van der Waals surface area contributed by atoms with Gasteiger partial charge in [0.05, 0.1) is 16.9 Å². The molecule has 0 atom stereocenters. The van der Waals surface area contributed by atoms with Gasteiger partial charge in [0.15, 0.2) is 5.75 Å². The molecule has 0 aliphatic carbocycles. The fourth-order valence-electron chi connectivity index (χ4n) is 2.24. The van der Waals surface area contributed by atoms with Crippen molar-refractivity contribution in [2.45, 2.75) is 0 Å². The Kier molecular flexibility index (Phi) is 5.01. The standard InChI is InChI=1S/C19H15N3O3/c23-13-21-15-8-2-1-7-14(15)19(24)22-16-9-3-4-10-17(16)25-18-11-5-6-12-20-18/h1-13H,(H,21,23)(H,22,24). The molecule has 0 spiro atoms. The molecule has 1 aromatic heterocycles. The van der Waals surface area contributed by atoms with E-state index in [4.69, 9.17) is 4.74 Å². The molecule has 0 unspecified atom stereocenters. The summed E-state index contributed by atoms with van der Waals surface area (Å²) >= 11 is 0. The Balaban J connectivity index is 1.84. The van der Waals surface area contributed by atoms with Crippen LogP contribution in [0, 0.1) is 0 Å². The van der Waals surface area contributed by atoms with Gasteiger partial charge in [-0.2, -0.15) is 0 Å². The van der Waals surface area contributed by atoms with Gasteiger partial charge >= 0.3 is 0 Å². The molecule has 124 valence electrons. The van der Waals surface area contributed by atoms with E-state index in [1.807, 2.05) is 6.07 Å². The molecule has 2 amide bonds. The number of para-hydroxylation sites is 3. The molecular weight excluding hydrogens is 318 g/mol. The van der Waals surface area contributed by atoms with Crippen LogP contribution in [0.1, 0.15) is 10.4 Å². The van der Waals surface area contributed by atoms with Gasteiger partial charge in [0.25, 0.3) is 5.91 Å². The van der Waals surface area contributed by atoms with Gasteiger partial charge in [-0.3, -0.25) is 9.59 Å². The average Bonchev–Trinajstić information content (AvgIpc) is 2.65. The van der Waals surface area contributed by atoms with E-state index in [1.54, 1.807) is 66.9 Å². The summed E-state index contributed by atoms with van der Waals surface area (Å²) in [6, 6.07) is 19.1. The Labute approximate surface area is 144 Å². The van der Waals surface area contributed by atoms with Crippen LogP contribution >= 0.6 is 0 Å². The fraction of sp³-hybridized carbons (Fsp3) is 0. The number of hydrogen-bond donors (Lipinski definition) is 2. The normalized spacial score (nSPS) is 9.92. The average molecular weight is 333 g/mol. The van der Waals surface area contributed by atoms with Crippen LogP contribution in [0.15, 0.2) is 72.9 Å². The predicted molar refractivity (Wildman–Crippen MR) is 94.8 cm³/mol. The summed E-state index contributed by atoms with van der Waals surface area (Å²) in [5.41, 5.74) is 1.28.